The molecule has 1 N–H and O–H groups in total. The monoisotopic (exact) mass is 303 g/mol. The summed E-state index contributed by atoms with van der Waals surface area (Å²) in [5.41, 5.74) is 3.33. The Bertz CT molecular complexity index is 613. The van der Waals surface area contributed by atoms with Gasteiger partial charge in [0.25, 0.3) is 7.52 Å². The van der Waals surface area contributed by atoms with Crippen LogP contribution in [0.4, 0.5) is 0 Å². The predicted octanol–water partition coefficient (Wildman–Crippen LogP) is 4.51. The molecule has 0 spiro atoms. The van der Waals surface area contributed by atoms with Gasteiger partial charge in [-0.15, -0.1) is 0 Å². The molecular formula is C17H22NO2P. The summed E-state index contributed by atoms with van der Waals surface area (Å²) >= 11 is 0. The van der Waals surface area contributed by atoms with Gasteiger partial charge in [-0.25, -0.2) is 5.09 Å². The zero-order valence-corrected chi connectivity index (χ0v) is 13.5. The number of nitrogens with one attached hydrogen (secondary N) is 1. The quantitative estimate of drug-likeness (QED) is 0.765. The van der Waals surface area contributed by atoms with Crippen LogP contribution in [-0.2, 0) is 22.2 Å². The number of aryl methyl sites for hydroxylation is 1. The average molecular weight is 303 g/mol. The number of benzene rings is 2. The Balaban J connectivity index is 1.95. The van der Waals surface area contributed by atoms with Gasteiger partial charge < -0.3 is 4.52 Å². The summed E-state index contributed by atoms with van der Waals surface area (Å²) in [5.74, 6) is 0. The average Bonchev–Trinajstić information content (AvgIpc) is 2.53. The standard InChI is InChI=1S/C17H22NO2P/c1-3-21(19,18-13-16-10-5-4-6-11-16)20-14-17-12-8-7-9-15(17)2/h4-12H,3,13-14H2,1-2H3,(H,18,19). The minimum atomic E-state index is -2.80. The molecule has 0 saturated heterocycles. The van der Waals surface area contributed by atoms with Gasteiger partial charge in [0.05, 0.1) is 6.61 Å². The van der Waals surface area contributed by atoms with E-state index in [2.05, 4.69) is 5.09 Å². The van der Waals surface area contributed by atoms with Crippen molar-refractivity contribution in [3.8, 4) is 0 Å². The molecule has 2 rings (SSSR count). The van der Waals surface area contributed by atoms with E-state index in [1.807, 2.05) is 68.4 Å². The summed E-state index contributed by atoms with van der Waals surface area (Å²) in [5, 5.41) is 3.09. The van der Waals surface area contributed by atoms with Crippen molar-refractivity contribution in [1.29, 1.82) is 0 Å². The van der Waals surface area contributed by atoms with E-state index in [9.17, 15) is 4.57 Å². The summed E-state index contributed by atoms with van der Waals surface area (Å²) in [7, 11) is -2.80. The first-order valence-electron chi connectivity index (χ1n) is 7.20. The van der Waals surface area contributed by atoms with E-state index in [-0.39, 0.29) is 0 Å². The molecule has 0 bridgehead atoms. The molecule has 2 aromatic carbocycles. The topological polar surface area (TPSA) is 38.3 Å². The van der Waals surface area contributed by atoms with Crippen molar-refractivity contribution in [3.63, 3.8) is 0 Å². The van der Waals surface area contributed by atoms with Gasteiger partial charge in [-0.1, -0.05) is 61.5 Å². The number of hydrogen-bond acceptors (Lipinski definition) is 2. The van der Waals surface area contributed by atoms with Crippen molar-refractivity contribution in [1.82, 2.24) is 5.09 Å². The van der Waals surface area contributed by atoms with E-state index in [1.165, 1.54) is 0 Å². The van der Waals surface area contributed by atoms with Gasteiger partial charge in [-0.3, -0.25) is 4.57 Å². The molecule has 0 aliphatic heterocycles. The van der Waals surface area contributed by atoms with Crippen LogP contribution in [0.2, 0.25) is 0 Å². The van der Waals surface area contributed by atoms with Gasteiger partial charge in [0.15, 0.2) is 0 Å². The van der Waals surface area contributed by atoms with Gasteiger partial charge >= 0.3 is 0 Å². The molecule has 112 valence electrons. The first-order valence-corrected chi connectivity index (χ1v) is 9.01. The molecular weight excluding hydrogens is 281 g/mol. The van der Waals surface area contributed by atoms with Gasteiger partial charge in [-0.05, 0) is 23.6 Å². The Labute approximate surface area is 126 Å². The lowest BCUT2D eigenvalue weighted by Crippen LogP contribution is -2.14. The second-order valence-electron chi connectivity index (χ2n) is 5.01. The van der Waals surface area contributed by atoms with Crippen LogP contribution in [0.25, 0.3) is 0 Å². The lowest BCUT2D eigenvalue weighted by atomic mass is 10.1. The van der Waals surface area contributed by atoms with Crippen LogP contribution in [-0.4, -0.2) is 6.16 Å². The molecule has 0 fully saturated rings. The highest BCUT2D eigenvalue weighted by Gasteiger charge is 2.20. The molecule has 3 nitrogen and oxygen atoms in total. The van der Waals surface area contributed by atoms with Crippen LogP contribution in [0.1, 0.15) is 23.6 Å². The zero-order chi connectivity index (χ0) is 15.1. The van der Waals surface area contributed by atoms with Crippen molar-refractivity contribution in [2.45, 2.75) is 27.0 Å². The van der Waals surface area contributed by atoms with Crippen LogP contribution in [0, 0.1) is 6.92 Å². The number of rotatable bonds is 7. The van der Waals surface area contributed by atoms with Crippen LogP contribution in [0.5, 0.6) is 0 Å². The minimum absolute atomic E-state index is 0.375. The molecule has 0 saturated carbocycles. The van der Waals surface area contributed by atoms with E-state index in [4.69, 9.17) is 4.52 Å². The summed E-state index contributed by atoms with van der Waals surface area (Å²) in [4.78, 5) is 0. The lowest BCUT2D eigenvalue weighted by Gasteiger charge is -2.19. The Kier molecular flexibility index (Phi) is 5.75. The van der Waals surface area contributed by atoms with E-state index < -0.39 is 7.52 Å². The highest BCUT2D eigenvalue weighted by atomic mass is 31.2. The van der Waals surface area contributed by atoms with E-state index in [1.54, 1.807) is 0 Å². The Morgan fingerprint density at radius 3 is 2.38 bits per heavy atom. The van der Waals surface area contributed by atoms with Crippen LogP contribution in [0.3, 0.4) is 0 Å². The molecule has 0 heterocycles. The first kappa shape index (κ1) is 16.0. The van der Waals surface area contributed by atoms with E-state index in [0.717, 1.165) is 16.7 Å². The Hall–Kier alpha value is -1.41. The zero-order valence-electron chi connectivity index (χ0n) is 12.6. The second kappa shape index (κ2) is 7.56. The third-order valence-electron chi connectivity index (χ3n) is 3.47. The summed E-state index contributed by atoms with van der Waals surface area (Å²) < 4.78 is 18.4. The SMILES string of the molecule is CCP(=O)(NCc1ccccc1)OCc1ccccc1C. The molecule has 0 aliphatic carbocycles. The van der Waals surface area contributed by atoms with Crippen LogP contribution < -0.4 is 5.09 Å². The van der Waals surface area contributed by atoms with Crippen molar-refractivity contribution in [3.05, 3.63) is 71.3 Å². The smallest absolute Gasteiger partial charge is 0.270 e. The highest BCUT2D eigenvalue weighted by molar-refractivity contribution is 7.56. The Morgan fingerprint density at radius 2 is 1.71 bits per heavy atom. The maximum absolute atomic E-state index is 12.7. The lowest BCUT2D eigenvalue weighted by molar-refractivity contribution is 0.295. The normalized spacial score (nSPS) is 13.8. The van der Waals surface area contributed by atoms with Crippen molar-refractivity contribution >= 4 is 7.52 Å². The molecule has 0 radical (unpaired) electrons. The fourth-order valence-corrected chi connectivity index (χ4v) is 3.27. The third kappa shape index (κ3) is 4.82. The first-order chi connectivity index (χ1) is 10.1. The minimum Gasteiger partial charge on any atom is -0.313 e. The van der Waals surface area contributed by atoms with E-state index in [0.29, 0.717) is 19.3 Å². The van der Waals surface area contributed by atoms with Gasteiger partial charge in [0.1, 0.15) is 0 Å². The molecule has 4 heteroatoms. The van der Waals surface area contributed by atoms with Crippen molar-refractivity contribution in [2.75, 3.05) is 6.16 Å². The maximum atomic E-state index is 12.7. The van der Waals surface area contributed by atoms with Gasteiger partial charge in [-0.2, -0.15) is 0 Å². The fourth-order valence-electron chi connectivity index (χ4n) is 2.00. The summed E-state index contributed by atoms with van der Waals surface area (Å²) in [6.45, 7) is 4.85. The molecule has 0 amide bonds. The molecule has 2 aromatic rings. The molecule has 1 atom stereocenters. The van der Waals surface area contributed by atoms with Crippen molar-refractivity contribution in [2.24, 2.45) is 0 Å². The molecule has 0 aromatic heterocycles. The highest BCUT2D eigenvalue weighted by Crippen LogP contribution is 2.43. The molecule has 21 heavy (non-hydrogen) atoms. The van der Waals surface area contributed by atoms with Crippen LogP contribution >= 0.6 is 7.52 Å². The summed E-state index contributed by atoms with van der Waals surface area (Å²) in [6.07, 6.45) is 0.478. The third-order valence-corrected chi connectivity index (χ3v) is 5.49. The van der Waals surface area contributed by atoms with Crippen LogP contribution in [0.15, 0.2) is 54.6 Å². The Morgan fingerprint density at radius 1 is 1.05 bits per heavy atom. The molecule has 0 aliphatic rings. The largest absolute Gasteiger partial charge is 0.313 e. The summed E-state index contributed by atoms with van der Waals surface area (Å²) in [6, 6.07) is 17.9. The van der Waals surface area contributed by atoms with Crippen molar-refractivity contribution < 1.29 is 9.09 Å². The van der Waals surface area contributed by atoms with Gasteiger partial charge in [0, 0.05) is 12.7 Å². The fraction of sp³-hybridized carbons (Fsp3) is 0.294. The second-order valence-corrected chi connectivity index (χ2v) is 7.56. The van der Waals surface area contributed by atoms with E-state index >= 15 is 0 Å². The molecule has 1 unspecified atom stereocenters. The van der Waals surface area contributed by atoms with Gasteiger partial charge in [0.2, 0.25) is 0 Å². The number of hydrogen-bond donors (Lipinski definition) is 1. The predicted molar refractivity (Wildman–Crippen MR) is 87.4 cm³/mol. The maximum Gasteiger partial charge on any atom is 0.270 e.